The van der Waals surface area contributed by atoms with Crippen LogP contribution in [0.1, 0.15) is 25.6 Å². The third-order valence-electron chi connectivity index (χ3n) is 1.65. The van der Waals surface area contributed by atoms with E-state index in [4.69, 9.17) is 0 Å². The molecule has 0 aromatic carbocycles. The van der Waals surface area contributed by atoms with E-state index < -0.39 is 0 Å². The zero-order valence-corrected chi connectivity index (χ0v) is 12.6. The van der Waals surface area contributed by atoms with Crippen molar-refractivity contribution in [3.63, 3.8) is 0 Å². The Balaban J connectivity index is 2.39. The Kier molecular flexibility index (Phi) is 4.62. The molecule has 1 N–H and O–H groups in total. The SMILES string of the molecule is CC(C)(C)CNCc1cc(Br)c(Br)s1. The molecule has 0 aliphatic carbocycles. The Morgan fingerprint density at radius 2 is 2.00 bits per heavy atom. The average Bonchev–Trinajstić information content (AvgIpc) is 2.28. The molecule has 0 bridgehead atoms. The van der Waals surface area contributed by atoms with Crippen molar-refractivity contribution in [1.29, 1.82) is 0 Å². The highest BCUT2D eigenvalue weighted by molar-refractivity contribution is 9.13. The minimum absolute atomic E-state index is 0.353. The fraction of sp³-hybridized carbons (Fsp3) is 0.600. The Bertz CT molecular complexity index is 282. The zero-order valence-electron chi connectivity index (χ0n) is 8.66. The molecule has 0 saturated heterocycles. The maximum Gasteiger partial charge on any atom is 0.0843 e. The minimum atomic E-state index is 0.353. The summed E-state index contributed by atoms with van der Waals surface area (Å²) in [5.41, 5.74) is 0.353. The van der Waals surface area contributed by atoms with Gasteiger partial charge in [0.1, 0.15) is 0 Å². The van der Waals surface area contributed by atoms with Gasteiger partial charge < -0.3 is 5.32 Å². The van der Waals surface area contributed by atoms with Crippen LogP contribution in [0.5, 0.6) is 0 Å². The minimum Gasteiger partial charge on any atom is -0.311 e. The normalized spacial score (nSPS) is 12.1. The molecule has 1 heterocycles. The molecular formula is C10H15Br2NS. The lowest BCUT2D eigenvalue weighted by Crippen LogP contribution is -2.26. The second-order valence-electron chi connectivity index (χ2n) is 4.50. The van der Waals surface area contributed by atoms with E-state index in [1.54, 1.807) is 11.3 Å². The molecular weight excluding hydrogens is 326 g/mol. The van der Waals surface area contributed by atoms with Crippen LogP contribution in [0.3, 0.4) is 0 Å². The quantitative estimate of drug-likeness (QED) is 0.859. The summed E-state index contributed by atoms with van der Waals surface area (Å²) in [7, 11) is 0. The van der Waals surface area contributed by atoms with E-state index in [-0.39, 0.29) is 0 Å². The highest BCUT2D eigenvalue weighted by Crippen LogP contribution is 2.32. The van der Waals surface area contributed by atoms with Crippen LogP contribution in [0.15, 0.2) is 14.3 Å². The molecule has 1 aromatic rings. The first-order valence-corrected chi connectivity index (χ1v) is 6.93. The summed E-state index contributed by atoms with van der Waals surface area (Å²) >= 11 is 8.75. The lowest BCUT2D eigenvalue weighted by molar-refractivity contribution is 0.380. The number of hydrogen-bond acceptors (Lipinski definition) is 2. The second kappa shape index (κ2) is 5.10. The summed E-state index contributed by atoms with van der Waals surface area (Å²) in [4.78, 5) is 1.35. The number of rotatable bonds is 3. The van der Waals surface area contributed by atoms with Crippen LogP contribution in [0, 0.1) is 5.41 Å². The third kappa shape index (κ3) is 4.43. The first-order chi connectivity index (χ1) is 6.38. The summed E-state index contributed by atoms with van der Waals surface area (Å²) in [6.45, 7) is 8.70. The van der Waals surface area contributed by atoms with E-state index in [1.165, 1.54) is 8.66 Å². The smallest absolute Gasteiger partial charge is 0.0843 e. The lowest BCUT2D eigenvalue weighted by Gasteiger charge is -2.18. The van der Waals surface area contributed by atoms with Gasteiger partial charge in [-0.25, -0.2) is 0 Å². The van der Waals surface area contributed by atoms with Crippen molar-refractivity contribution in [3.05, 3.63) is 19.2 Å². The molecule has 0 fully saturated rings. The molecule has 0 saturated carbocycles. The van der Waals surface area contributed by atoms with Crippen LogP contribution in [0.25, 0.3) is 0 Å². The zero-order chi connectivity index (χ0) is 10.8. The third-order valence-corrected chi connectivity index (χ3v) is 4.91. The standard InChI is InChI=1S/C10H15Br2NS/c1-10(2,3)6-13-5-7-4-8(11)9(12)14-7/h4,13H,5-6H2,1-3H3. The molecule has 4 heteroatoms. The van der Waals surface area contributed by atoms with E-state index in [1.807, 2.05) is 0 Å². The number of thiophene rings is 1. The Morgan fingerprint density at radius 1 is 1.36 bits per heavy atom. The van der Waals surface area contributed by atoms with Gasteiger partial charge in [-0.05, 0) is 43.3 Å². The molecule has 0 aliphatic heterocycles. The first-order valence-electron chi connectivity index (χ1n) is 4.53. The highest BCUT2D eigenvalue weighted by Gasteiger charge is 2.09. The van der Waals surface area contributed by atoms with Gasteiger partial charge in [-0.3, -0.25) is 0 Å². The molecule has 1 aromatic heterocycles. The average molecular weight is 341 g/mol. The Morgan fingerprint density at radius 3 is 2.43 bits per heavy atom. The van der Waals surface area contributed by atoms with Gasteiger partial charge in [0, 0.05) is 22.4 Å². The second-order valence-corrected chi connectivity index (χ2v) is 7.81. The van der Waals surface area contributed by atoms with Gasteiger partial charge in [0.15, 0.2) is 0 Å². The molecule has 0 spiro atoms. The summed E-state index contributed by atoms with van der Waals surface area (Å²) < 4.78 is 2.32. The van der Waals surface area contributed by atoms with E-state index in [9.17, 15) is 0 Å². The molecule has 14 heavy (non-hydrogen) atoms. The van der Waals surface area contributed by atoms with Crippen LogP contribution >= 0.6 is 43.2 Å². The molecule has 1 rings (SSSR count). The van der Waals surface area contributed by atoms with Crippen molar-refractivity contribution in [2.45, 2.75) is 27.3 Å². The van der Waals surface area contributed by atoms with Crippen LogP contribution in [0.4, 0.5) is 0 Å². The van der Waals surface area contributed by atoms with Crippen molar-refractivity contribution in [2.24, 2.45) is 5.41 Å². The van der Waals surface area contributed by atoms with Gasteiger partial charge in [0.05, 0.1) is 3.79 Å². The molecule has 0 radical (unpaired) electrons. The summed E-state index contributed by atoms with van der Waals surface area (Å²) in [5, 5.41) is 3.45. The van der Waals surface area contributed by atoms with Gasteiger partial charge in [-0.2, -0.15) is 0 Å². The summed E-state index contributed by atoms with van der Waals surface area (Å²) in [6.07, 6.45) is 0. The maximum atomic E-state index is 3.49. The van der Waals surface area contributed by atoms with Crippen LogP contribution in [-0.4, -0.2) is 6.54 Å². The molecule has 0 unspecified atom stereocenters. The Labute approximate surface area is 107 Å². The van der Waals surface area contributed by atoms with Crippen molar-refractivity contribution >= 4 is 43.2 Å². The fourth-order valence-corrected chi connectivity index (χ4v) is 3.19. The molecule has 80 valence electrons. The highest BCUT2D eigenvalue weighted by atomic mass is 79.9. The van der Waals surface area contributed by atoms with Crippen molar-refractivity contribution in [1.82, 2.24) is 5.32 Å². The largest absolute Gasteiger partial charge is 0.311 e. The van der Waals surface area contributed by atoms with E-state index >= 15 is 0 Å². The first kappa shape index (κ1) is 12.7. The van der Waals surface area contributed by atoms with Gasteiger partial charge in [0.2, 0.25) is 0 Å². The number of hydrogen-bond donors (Lipinski definition) is 1. The van der Waals surface area contributed by atoms with Crippen LogP contribution in [0.2, 0.25) is 0 Å². The monoisotopic (exact) mass is 339 g/mol. The summed E-state index contributed by atoms with van der Waals surface area (Å²) in [5.74, 6) is 0. The molecule has 0 aliphatic rings. The lowest BCUT2D eigenvalue weighted by atomic mass is 9.97. The topological polar surface area (TPSA) is 12.0 Å². The van der Waals surface area contributed by atoms with E-state index in [2.05, 4.69) is 64.0 Å². The fourth-order valence-electron chi connectivity index (χ4n) is 1.04. The maximum absolute atomic E-state index is 3.49. The van der Waals surface area contributed by atoms with E-state index in [0.29, 0.717) is 5.41 Å². The predicted molar refractivity (Wildman–Crippen MR) is 70.9 cm³/mol. The molecule has 0 atom stereocenters. The van der Waals surface area contributed by atoms with Crippen molar-refractivity contribution in [3.8, 4) is 0 Å². The predicted octanol–water partition coefficient (Wildman–Crippen LogP) is 4.41. The Hall–Kier alpha value is 0.620. The van der Waals surface area contributed by atoms with Crippen molar-refractivity contribution in [2.75, 3.05) is 6.54 Å². The molecule has 0 amide bonds. The summed E-state index contributed by atoms with van der Waals surface area (Å²) in [6, 6.07) is 2.16. The number of halogens is 2. The number of nitrogens with one attached hydrogen (secondary N) is 1. The van der Waals surface area contributed by atoms with Gasteiger partial charge in [0.25, 0.3) is 0 Å². The molecule has 1 nitrogen and oxygen atoms in total. The van der Waals surface area contributed by atoms with Crippen molar-refractivity contribution < 1.29 is 0 Å². The van der Waals surface area contributed by atoms with E-state index in [0.717, 1.165) is 17.6 Å². The van der Waals surface area contributed by atoms with Gasteiger partial charge in [-0.1, -0.05) is 20.8 Å². The van der Waals surface area contributed by atoms with Gasteiger partial charge in [-0.15, -0.1) is 11.3 Å². The van der Waals surface area contributed by atoms with Crippen LogP contribution in [-0.2, 0) is 6.54 Å². The van der Waals surface area contributed by atoms with Gasteiger partial charge >= 0.3 is 0 Å². The van der Waals surface area contributed by atoms with Crippen LogP contribution < -0.4 is 5.32 Å².